The van der Waals surface area contributed by atoms with E-state index in [1.165, 1.54) is 0 Å². The van der Waals surface area contributed by atoms with Crippen molar-refractivity contribution >= 4 is 15.9 Å². The first-order valence-electron chi connectivity index (χ1n) is 4.71. The number of rotatable bonds is 6. The molecule has 3 nitrogen and oxygen atoms in total. The van der Waals surface area contributed by atoms with Gasteiger partial charge in [0.05, 0.1) is 13.2 Å². The molecule has 0 atom stereocenters. The van der Waals surface area contributed by atoms with Crippen molar-refractivity contribution in [3.63, 3.8) is 0 Å². The van der Waals surface area contributed by atoms with Crippen LogP contribution in [-0.4, -0.2) is 24.7 Å². The summed E-state index contributed by atoms with van der Waals surface area (Å²) < 4.78 is 6.44. The van der Waals surface area contributed by atoms with Crippen molar-refractivity contribution < 1.29 is 4.74 Å². The summed E-state index contributed by atoms with van der Waals surface area (Å²) in [5.41, 5.74) is 1.09. The van der Waals surface area contributed by atoms with Crippen molar-refractivity contribution in [2.45, 2.75) is 13.5 Å². The van der Waals surface area contributed by atoms with E-state index in [9.17, 15) is 0 Å². The molecular weight excluding hydrogens is 244 g/mol. The van der Waals surface area contributed by atoms with Crippen LogP contribution in [0.4, 0.5) is 0 Å². The maximum Gasteiger partial charge on any atom is 0.0732 e. The molecule has 0 aliphatic carbocycles. The first-order chi connectivity index (χ1) is 6.83. The largest absolute Gasteiger partial charge is 0.375 e. The number of halogens is 1. The molecule has 78 valence electrons. The van der Waals surface area contributed by atoms with E-state index in [1.54, 1.807) is 6.20 Å². The van der Waals surface area contributed by atoms with Gasteiger partial charge in [0.2, 0.25) is 0 Å². The SMILES string of the molecule is CCNCCOCc1cncc(Br)c1. The van der Waals surface area contributed by atoms with Crippen molar-refractivity contribution in [2.24, 2.45) is 0 Å². The lowest BCUT2D eigenvalue weighted by molar-refractivity contribution is 0.123. The normalized spacial score (nSPS) is 10.4. The first kappa shape index (κ1) is 11.6. The lowest BCUT2D eigenvalue weighted by Gasteiger charge is -2.04. The molecule has 1 aromatic rings. The van der Waals surface area contributed by atoms with Gasteiger partial charge in [-0.2, -0.15) is 0 Å². The Hall–Kier alpha value is -0.450. The third kappa shape index (κ3) is 4.69. The first-order valence-corrected chi connectivity index (χ1v) is 5.50. The number of nitrogens with zero attached hydrogens (tertiary/aromatic N) is 1. The van der Waals surface area contributed by atoms with Gasteiger partial charge in [-0.1, -0.05) is 6.92 Å². The zero-order chi connectivity index (χ0) is 10.2. The molecule has 0 aliphatic heterocycles. The third-order valence-corrected chi connectivity index (χ3v) is 2.14. The summed E-state index contributed by atoms with van der Waals surface area (Å²) in [5, 5.41) is 3.20. The van der Waals surface area contributed by atoms with Crippen LogP contribution in [0.15, 0.2) is 22.9 Å². The molecule has 1 N–H and O–H groups in total. The monoisotopic (exact) mass is 258 g/mol. The van der Waals surface area contributed by atoms with E-state index in [0.29, 0.717) is 6.61 Å². The van der Waals surface area contributed by atoms with E-state index < -0.39 is 0 Å². The van der Waals surface area contributed by atoms with Crippen LogP contribution in [0.5, 0.6) is 0 Å². The Kier molecular flexibility index (Phi) is 5.75. The number of ether oxygens (including phenoxy) is 1. The third-order valence-electron chi connectivity index (χ3n) is 1.70. The molecule has 1 aromatic heterocycles. The molecule has 0 fully saturated rings. The second kappa shape index (κ2) is 6.92. The second-order valence-corrected chi connectivity index (χ2v) is 3.83. The molecule has 4 heteroatoms. The quantitative estimate of drug-likeness (QED) is 0.793. The zero-order valence-corrected chi connectivity index (χ0v) is 9.88. The highest BCUT2D eigenvalue weighted by Gasteiger charge is 1.94. The zero-order valence-electron chi connectivity index (χ0n) is 8.29. The van der Waals surface area contributed by atoms with Gasteiger partial charge in [0, 0.05) is 23.4 Å². The molecule has 0 saturated carbocycles. The number of hydrogen-bond donors (Lipinski definition) is 1. The van der Waals surface area contributed by atoms with Gasteiger partial charge in [-0.15, -0.1) is 0 Å². The summed E-state index contributed by atoms with van der Waals surface area (Å²) in [4.78, 5) is 4.06. The minimum Gasteiger partial charge on any atom is -0.375 e. The predicted octanol–water partition coefficient (Wildman–Crippen LogP) is 1.97. The highest BCUT2D eigenvalue weighted by molar-refractivity contribution is 9.10. The van der Waals surface area contributed by atoms with Gasteiger partial charge in [0.1, 0.15) is 0 Å². The Balaban J connectivity index is 2.18. The Bertz CT molecular complexity index is 268. The van der Waals surface area contributed by atoms with Crippen LogP contribution >= 0.6 is 15.9 Å². The number of hydrogen-bond acceptors (Lipinski definition) is 3. The molecule has 0 amide bonds. The van der Waals surface area contributed by atoms with Gasteiger partial charge >= 0.3 is 0 Å². The molecule has 14 heavy (non-hydrogen) atoms. The molecular formula is C10H15BrN2O. The number of aromatic nitrogens is 1. The molecule has 0 unspecified atom stereocenters. The summed E-state index contributed by atoms with van der Waals surface area (Å²) >= 11 is 3.37. The fraction of sp³-hybridized carbons (Fsp3) is 0.500. The highest BCUT2D eigenvalue weighted by Crippen LogP contribution is 2.09. The average Bonchev–Trinajstić information content (AvgIpc) is 2.18. The minimum atomic E-state index is 0.623. The van der Waals surface area contributed by atoms with Gasteiger partial charge in [-0.25, -0.2) is 0 Å². The Morgan fingerprint density at radius 2 is 2.36 bits per heavy atom. The average molecular weight is 259 g/mol. The lowest BCUT2D eigenvalue weighted by Crippen LogP contribution is -2.18. The summed E-state index contributed by atoms with van der Waals surface area (Å²) in [5.74, 6) is 0. The molecule has 0 bridgehead atoms. The van der Waals surface area contributed by atoms with E-state index >= 15 is 0 Å². The van der Waals surface area contributed by atoms with E-state index in [4.69, 9.17) is 4.74 Å². The van der Waals surface area contributed by atoms with Gasteiger partial charge in [-0.3, -0.25) is 4.98 Å². The van der Waals surface area contributed by atoms with Crippen LogP contribution in [0.25, 0.3) is 0 Å². The Morgan fingerprint density at radius 3 is 3.07 bits per heavy atom. The van der Waals surface area contributed by atoms with Crippen molar-refractivity contribution in [3.8, 4) is 0 Å². The van der Waals surface area contributed by atoms with Gasteiger partial charge in [0.15, 0.2) is 0 Å². The molecule has 0 radical (unpaired) electrons. The molecule has 1 heterocycles. The highest BCUT2D eigenvalue weighted by atomic mass is 79.9. The van der Waals surface area contributed by atoms with Crippen molar-refractivity contribution in [2.75, 3.05) is 19.7 Å². The molecule has 0 aromatic carbocycles. The van der Waals surface area contributed by atoms with E-state index in [2.05, 4.69) is 33.2 Å². The predicted molar refractivity (Wildman–Crippen MR) is 60.1 cm³/mol. The van der Waals surface area contributed by atoms with Crippen LogP contribution in [0.3, 0.4) is 0 Å². The summed E-state index contributed by atoms with van der Waals surface area (Å²) in [6.45, 7) is 5.33. The van der Waals surface area contributed by atoms with Crippen LogP contribution in [0, 0.1) is 0 Å². The Labute approximate surface area is 93.0 Å². The molecule has 0 spiro atoms. The van der Waals surface area contributed by atoms with Gasteiger partial charge in [0.25, 0.3) is 0 Å². The minimum absolute atomic E-state index is 0.623. The topological polar surface area (TPSA) is 34.1 Å². The maximum absolute atomic E-state index is 5.45. The van der Waals surface area contributed by atoms with Gasteiger partial charge < -0.3 is 10.1 Å². The number of nitrogens with one attached hydrogen (secondary N) is 1. The Morgan fingerprint density at radius 1 is 1.50 bits per heavy atom. The summed E-state index contributed by atoms with van der Waals surface area (Å²) in [6, 6.07) is 2.01. The van der Waals surface area contributed by atoms with Crippen molar-refractivity contribution in [3.05, 3.63) is 28.5 Å². The fourth-order valence-corrected chi connectivity index (χ4v) is 1.46. The van der Waals surface area contributed by atoms with Crippen molar-refractivity contribution in [1.82, 2.24) is 10.3 Å². The van der Waals surface area contributed by atoms with Crippen LogP contribution in [0.2, 0.25) is 0 Å². The molecule has 0 saturated heterocycles. The van der Waals surface area contributed by atoms with Crippen LogP contribution in [0.1, 0.15) is 12.5 Å². The molecule has 0 aliphatic rings. The second-order valence-electron chi connectivity index (χ2n) is 2.92. The summed E-state index contributed by atoms with van der Waals surface area (Å²) in [6.07, 6.45) is 3.58. The van der Waals surface area contributed by atoms with Crippen molar-refractivity contribution in [1.29, 1.82) is 0 Å². The van der Waals surface area contributed by atoms with Gasteiger partial charge in [-0.05, 0) is 34.1 Å². The van der Waals surface area contributed by atoms with E-state index in [-0.39, 0.29) is 0 Å². The number of likely N-dealkylation sites (N-methyl/N-ethyl adjacent to an activating group) is 1. The standard InChI is InChI=1S/C10H15BrN2O/c1-2-12-3-4-14-8-9-5-10(11)7-13-6-9/h5-7,12H,2-4,8H2,1H3. The smallest absolute Gasteiger partial charge is 0.0732 e. The lowest BCUT2D eigenvalue weighted by atomic mass is 10.3. The molecule has 1 rings (SSSR count). The van der Waals surface area contributed by atoms with E-state index in [1.807, 2.05) is 12.3 Å². The van der Waals surface area contributed by atoms with E-state index in [0.717, 1.165) is 29.7 Å². The maximum atomic E-state index is 5.45. The number of pyridine rings is 1. The van der Waals surface area contributed by atoms with Crippen LogP contribution in [-0.2, 0) is 11.3 Å². The summed E-state index contributed by atoms with van der Waals surface area (Å²) in [7, 11) is 0. The fourth-order valence-electron chi connectivity index (χ4n) is 1.05. The van der Waals surface area contributed by atoms with Crippen LogP contribution < -0.4 is 5.32 Å².